The number of anilines is 1. The van der Waals surface area contributed by atoms with E-state index in [-0.39, 0.29) is 18.5 Å². The van der Waals surface area contributed by atoms with Gasteiger partial charge in [0.15, 0.2) is 5.75 Å². The number of esters is 1. The number of ether oxygens (including phenoxy) is 2. The van der Waals surface area contributed by atoms with E-state index in [2.05, 4.69) is 29.6 Å². The Labute approximate surface area is 182 Å². The average molecular weight is 415 g/mol. The SMILES string of the molecule is CCCC(=O)Oc1ccc(C)cc1NC(=O)OCC1c2ccccc2-c2ccccc21. The summed E-state index contributed by atoms with van der Waals surface area (Å²) in [6.07, 6.45) is 0.429. The van der Waals surface area contributed by atoms with Crippen LogP contribution in [0.25, 0.3) is 11.1 Å². The van der Waals surface area contributed by atoms with E-state index in [1.54, 1.807) is 12.1 Å². The fourth-order valence-corrected chi connectivity index (χ4v) is 3.95. The second-order valence-corrected chi connectivity index (χ2v) is 7.67. The average Bonchev–Trinajstić information content (AvgIpc) is 3.08. The van der Waals surface area contributed by atoms with Crippen LogP contribution in [0.3, 0.4) is 0 Å². The maximum Gasteiger partial charge on any atom is 0.411 e. The van der Waals surface area contributed by atoms with E-state index in [0.29, 0.717) is 24.3 Å². The molecule has 158 valence electrons. The quantitative estimate of drug-likeness (QED) is 0.392. The highest BCUT2D eigenvalue weighted by Gasteiger charge is 2.29. The third-order valence-electron chi connectivity index (χ3n) is 5.39. The number of aryl methyl sites for hydroxylation is 1. The standard InChI is InChI=1S/C26H25NO4/c1-3-8-25(28)31-24-14-13-17(2)15-23(24)27-26(29)30-16-22-20-11-6-4-9-18(20)19-10-5-7-12-21(19)22/h4-7,9-15,22H,3,8,16H2,1-2H3,(H,27,29). The lowest BCUT2D eigenvalue weighted by Gasteiger charge is -2.16. The molecule has 5 heteroatoms. The zero-order valence-corrected chi connectivity index (χ0v) is 17.7. The summed E-state index contributed by atoms with van der Waals surface area (Å²) in [4.78, 5) is 24.5. The van der Waals surface area contributed by atoms with Crippen LogP contribution in [0.2, 0.25) is 0 Å². The van der Waals surface area contributed by atoms with Gasteiger partial charge in [0.2, 0.25) is 0 Å². The predicted molar refractivity (Wildman–Crippen MR) is 120 cm³/mol. The first kappa shape index (κ1) is 20.7. The van der Waals surface area contributed by atoms with Crippen LogP contribution in [0, 0.1) is 6.92 Å². The number of hydrogen-bond acceptors (Lipinski definition) is 4. The van der Waals surface area contributed by atoms with Gasteiger partial charge in [-0.2, -0.15) is 0 Å². The molecule has 0 saturated carbocycles. The van der Waals surface area contributed by atoms with E-state index in [0.717, 1.165) is 16.7 Å². The second-order valence-electron chi connectivity index (χ2n) is 7.67. The summed E-state index contributed by atoms with van der Waals surface area (Å²) in [5, 5.41) is 2.73. The number of amides is 1. The number of benzene rings is 3. The van der Waals surface area contributed by atoms with Crippen molar-refractivity contribution in [3.8, 4) is 16.9 Å². The number of fused-ring (bicyclic) bond motifs is 3. The molecule has 31 heavy (non-hydrogen) atoms. The van der Waals surface area contributed by atoms with Crippen molar-refractivity contribution in [1.82, 2.24) is 0 Å². The molecule has 1 aliphatic carbocycles. The van der Waals surface area contributed by atoms with E-state index in [9.17, 15) is 9.59 Å². The lowest BCUT2D eigenvalue weighted by atomic mass is 9.98. The van der Waals surface area contributed by atoms with Gasteiger partial charge in [0, 0.05) is 12.3 Å². The highest BCUT2D eigenvalue weighted by Crippen LogP contribution is 2.44. The molecular weight excluding hydrogens is 390 g/mol. The first-order valence-corrected chi connectivity index (χ1v) is 10.5. The van der Waals surface area contributed by atoms with E-state index < -0.39 is 6.09 Å². The molecule has 1 aliphatic rings. The fraction of sp³-hybridized carbons (Fsp3) is 0.231. The Hall–Kier alpha value is -3.60. The minimum absolute atomic E-state index is 0.0162. The van der Waals surface area contributed by atoms with Crippen LogP contribution in [0.1, 0.15) is 42.4 Å². The number of nitrogens with one attached hydrogen (secondary N) is 1. The normalized spacial score (nSPS) is 12.1. The molecule has 4 rings (SSSR count). The molecule has 5 nitrogen and oxygen atoms in total. The van der Waals surface area contributed by atoms with E-state index in [1.807, 2.05) is 44.2 Å². The van der Waals surface area contributed by atoms with Crippen LogP contribution in [0.5, 0.6) is 5.75 Å². The molecule has 0 aromatic heterocycles. The Morgan fingerprint density at radius 2 is 1.58 bits per heavy atom. The number of rotatable bonds is 6. The summed E-state index contributed by atoms with van der Waals surface area (Å²) in [5.74, 6) is -0.0305. The molecule has 0 bridgehead atoms. The van der Waals surface area contributed by atoms with Gasteiger partial charge in [-0.1, -0.05) is 61.5 Å². The highest BCUT2D eigenvalue weighted by molar-refractivity contribution is 5.88. The highest BCUT2D eigenvalue weighted by atomic mass is 16.6. The zero-order chi connectivity index (χ0) is 21.8. The fourth-order valence-electron chi connectivity index (χ4n) is 3.95. The van der Waals surface area contributed by atoms with Crippen molar-refractivity contribution >= 4 is 17.7 Å². The Bertz CT molecular complexity index is 1080. The first-order valence-electron chi connectivity index (χ1n) is 10.5. The van der Waals surface area contributed by atoms with Gasteiger partial charge in [0.25, 0.3) is 0 Å². The zero-order valence-electron chi connectivity index (χ0n) is 17.7. The Morgan fingerprint density at radius 3 is 2.23 bits per heavy atom. The van der Waals surface area contributed by atoms with Crippen LogP contribution in [0.4, 0.5) is 10.5 Å². The number of hydrogen-bond donors (Lipinski definition) is 1. The predicted octanol–water partition coefficient (Wildman–Crippen LogP) is 6.06. The molecule has 1 N–H and O–H groups in total. The van der Waals surface area contributed by atoms with E-state index in [1.165, 1.54) is 11.1 Å². The van der Waals surface area contributed by atoms with Crippen molar-refractivity contribution in [3.05, 3.63) is 83.4 Å². The summed E-state index contributed by atoms with van der Waals surface area (Å²) in [5.41, 5.74) is 6.01. The summed E-state index contributed by atoms with van der Waals surface area (Å²) in [6.45, 7) is 4.03. The van der Waals surface area contributed by atoms with Gasteiger partial charge in [-0.3, -0.25) is 10.1 Å². The summed E-state index contributed by atoms with van der Waals surface area (Å²) in [7, 11) is 0. The van der Waals surface area contributed by atoms with Gasteiger partial charge in [-0.25, -0.2) is 4.79 Å². The van der Waals surface area contributed by atoms with Crippen LogP contribution < -0.4 is 10.1 Å². The second kappa shape index (κ2) is 9.04. The maximum absolute atomic E-state index is 12.6. The maximum atomic E-state index is 12.6. The minimum Gasteiger partial charge on any atom is -0.448 e. The van der Waals surface area contributed by atoms with Crippen LogP contribution in [0.15, 0.2) is 66.7 Å². The third kappa shape index (κ3) is 4.45. The molecule has 0 atom stereocenters. The minimum atomic E-state index is -0.583. The molecule has 3 aromatic rings. The molecule has 0 saturated heterocycles. The first-order chi connectivity index (χ1) is 15.1. The molecule has 0 spiro atoms. The molecular formula is C26H25NO4. The lowest BCUT2D eigenvalue weighted by Crippen LogP contribution is -2.19. The topological polar surface area (TPSA) is 64.6 Å². The van der Waals surface area contributed by atoms with Crippen molar-refractivity contribution in [3.63, 3.8) is 0 Å². The van der Waals surface area contributed by atoms with Crippen molar-refractivity contribution < 1.29 is 19.1 Å². The number of carbonyl (C=O) groups is 2. The lowest BCUT2D eigenvalue weighted by molar-refractivity contribution is -0.134. The Morgan fingerprint density at radius 1 is 0.935 bits per heavy atom. The molecule has 0 fully saturated rings. The van der Waals surface area contributed by atoms with Crippen molar-refractivity contribution in [2.75, 3.05) is 11.9 Å². The van der Waals surface area contributed by atoms with Gasteiger partial charge in [-0.15, -0.1) is 0 Å². The monoisotopic (exact) mass is 415 g/mol. The molecule has 0 heterocycles. The van der Waals surface area contributed by atoms with E-state index >= 15 is 0 Å². The van der Waals surface area contributed by atoms with Crippen LogP contribution >= 0.6 is 0 Å². The van der Waals surface area contributed by atoms with Gasteiger partial charge >= 0.3 is 12.1 Å². The van der Waals surface area contributed by atoms with Gasteiger partial charge in [0.05, 0.1) is 5.69 Å². The Kier molecular flexibility index (Phi) is 6.03. The molecule has 1 amide bonds. The van der Waals surface area contributed by atoms with Gasteiger partial charge < -0.3 is 9.47 Å². The Balaban J connectivity index is 1.47. The van der Waals surface area contributed by atoms with Gasteiger partial charge in [-0.05, 0) is 53.3 Å². The molecule has 3 aromatic carbocycles. The summed E-state index contributed by atoms with van der Waals surface area (Å²) >= 11 is 0. The molecule has 0 radical (unpaired) electrons. The van der Waals surface area contributed by atoms with Gasteiger partial charge in [0.1, 0.15) is 6.61 Å². The van der Waals surface area contributed by atoms with E-state index in [4.69, 9.17) is 9.47 Å². The van der Waals surface area contributed by atoms with Crippen LogP contribution in [-0.2, 0) is 9.53 Å². The smallest absolute Gasteiger partial charge is 0.411 e. The van der Waals surface area contributed by atoms with Crippen LogP contribution in [-0.4, -0.2) is 18.7 Å². The summed E-state index contributed by atoms with van der Waals surface area (Å²) in [6, 6.07) is 21.7. The third-order valence-corrected chi connectivity index (χ3v) is 5.39. The largest absolute Gasteiger partial charge is 0.448 e. The van der Waals surface area contributed by atoms with Crippen molar-refractivity contribution in [2.24, 2.45) is 0 Å². The number of carbonyl (C=O) groups excluding carboxylic acids is 2. The summed E-state index contributed by atoms with van der Waals surface area (Å²) < 4.78 is 11.0. The molecule has 0 unspecified atom stereocenters. The van der Waals surface area contributed by atoms with Crippen molar-refractivity contribution in [2.45, 2.75) is 32.6 Å². The molecule has 0 aliphatic heterocycles. The van der Waals surface area contributed by atoms with Crippen molar-refractivity contribution in [1.29, 1.82) is 0 Å².